The predicted molar refractivity (Wildman–Crippen MR) is 122 cm³/mol. The number of nitriles is 1. The highest BCUT2D eigenvalue weighted by Gasteiger charge is 2.18. The molecular formula is C24H18ClN3O4. The van der Waals surface area contributed by atoms with Crippen LogP contribution in [0.2, 0.25) is 5.02 Å². The van der Waals surface area contributed by atoms with E-state index in [-0.39, 0.29) is 23.6 Å². The number of nitrogens with zero attached hydrogens (tertiary/aromatic N) is 2. The first-order valence-corrected chi connectivity index (χ1v) is 9.89. The van der Waals surface area contributed by atoms with Crippen LogP contribution in [0.15, 0.2) is 72.3 Å². The zero-order valence-corrected chi connectivity index (χ0v) is 17.8. The van der Waals surface area contributed by atoms with Gasteiger partial charge in [0.05, 0.1) is 4.92 Å². The second-order valence-corrected chi connectivity index (χ2v) is 7.26. The predicted octanol–water partition coefficient (Wildman–Crippen LogP) is 5.68. The smallest absolute Gasteiger partial charge is 0.293 e. The van der Waals surface area contributed by atoms with Crippen molar-refractivity contribution in [3.05, 3.63) is 104 Å². The summed E-state index contributed by atoms with van der Waals surface area (Å²) in [6.07, 6.45) is 1.39. The van der Waals surface area contributed by atoms with E-state index in [0.717, 1.165) is 5.56 Å². The van der Waals surface area contributed by atoms with Crippen molar-refractivity contribution in [1.29, 1.82) is 5.26 Å². The maximum atomic E-state index is 12.6. The first-order valence-electron chi connectivity index (χ1n) is 9.52. The first kappa shape index (κ1) is 22.5. The third kappa shape index (κ3) is 5.72. The number of rotatable bonds is 7. The average Bonchev–Trinajstić information content (AvgIpc) is 2.78. The molecule has 0 aliphatic heterocycles. The Hall–Kier alpha value is -4.15. The number of nitrogens with one attached hydrogen (secondary N) is 1. The lowest BCUT2D eigenvalue weighted by molar-refractivity contribution is -0.384. The molecule has 32 heavy (non-hydrogen) atoms. The fraction of sp³-hybridized carbons (Fsp3) is 0.0833. The van der Waals surface area contributed by atoms with Crippen LogP contribution in [-0.4, -0.2) is 10.8 Å². The van der Waals surface area contributed by atoms with Crippen LogP contribution in [0.1, 0.15) is 16.7 Å². The summed E-state index contributed by atoms with van der Waals surface area (Å²) in [4.78, 5) is 23.2. The SMILES string of the molecule is Cc1ccc(NC(=O)/C(C#N)=C/c2cccc(OCc3ccccc3Cl)c2)c([N+](=O)[O-])c1. The number of nitro benzene ring substituents is 1. The summed E-state index contributed by atoms with van der Waals surface area (Å²) < 4.78 is 5.77. The van der Waals surface area contributed by atoms with Crippen LogP contribution in [0.4, 0.5) is 11.4 Å². The molecule has 0 bridgehead atoms. The third-order valence-electron chi connectivity index (χ3n) is 4.48. The zero-order chi connectivity index (χ0) is 23.1. The van der Waals surface area contributed by atoms with Crippen LogP contribution in [0.25, 0.3) is 6.08 Å². The molecule has 0 atom stereocenters. The lowest BCUT2D eigenvalue weighted by Gasteiger charge is -2.09. The minimum Gasteiger partial charge on any atom is -0.489 e. The molecule has 0 fully saturated rings. The Kier molecular flexibility index (Phi) is 7.21. The molecule has 0 unspecified atom stereocenters. The Morgan fingerprint density at radius 2 is 1.97 bits per heavy atom. The maximum absolute atomic E-state index is 12.6. The number of hydrogen-bond acceptors (Lipinski definition) is 5. The van der Waals surface area contributed by atoms with Gasteiger partial charge in [0.2, 0.25) is 0 Å². The molecule has 160 valence electrons. The van der Waals surface area contributed by atoms with E-state index in [9.17, 15) is 20.2 Å². The minimum atomic E-state index is -0.748. The second-order valence-electron chi connectivity index (χ2n) is 6.85. The van der Waals surface area contributed by atoms with Crippen LogP contribution >= 0.6 is 11.6 Å². The highest BCUT2D eigenvalue weighted by Crippen LogP contribution is 2.26. The summed E-state index contributed by atoms with van der Waals surface area (Å²) in [5, 5.41) is 23.7. The summed E-state index contributed by atoms with van der Waals surface area (Å²) in [6, 6.07) is 20.4. The molecular weight excluding hydrogens is 430 g/mol. The molecule has 0 saturated heterocycles. The molecule has 0 aliphatic rings. The number of aryl methyl sites for hydroxylation is 1. The molecule has 8 heteroatoms. The highest BCUT2D eigenvalue weighted by molar-refractivity contribution is 6.31. The number of amides is 1. The van der Waals surface area contributed by atoms with E-state index in [1.165, 1.54) is 18.2 Å². The van der Waals surface area contributed by atoms with Gasteiger partial charge in [-0.1, -0.05) is 48.0 Å². The quantitative estimate of drug-likeness (QED) is 0.217. The van der Waals surface area contributed by atoms with Crippen LogP contribution < -0.4 is 10.1 Å². The Labute approximate surface area is 189 Å². The van der Waals surface area contributed by atoms with Crippen molar-refractivity contribution >= 4 is 35.0 Å². The number of carbonyl (C=O) groups excluding carboxylic acids is 1. The van der Waals surface area contributed by atoms with E-state index < -0.39 is 10.8 Å². The number of hydrogen-bond donors (Lipinski definition) is 1. The normalized spacial score (nSPS) is 10.8. The molecule has 0 radical (unpaired) electrons. The highest BCUT2D eigenvalue weighted by atomic mass is 35.5. The zero-order valence-electron chi connectivity index (χ0n) is 17.0. The molecule has 0 saturated carbocycles. The molecule has 7 nitrogen and oxygen atoms in total. The van der Waals surface area contributed by atoms with Gasteiger partial charge in [-0.2, -0.15) is 5.26 Å². The van der Waals surface area contributed by atoms with Gasteiger partial charge in [-0.05, 0) is 48.4 Å². The average molecular weight is 448 g/mol. The van der Waals surface area contributed by atoms with E-state index in [4.69, 9.17) is 16.3 Å². The van der Waals surface area contributed by atoms with E-state index in [1.54, 1.807) is 43.3 Å². The van der Waals surface area contributed by atoms with Gasteiger partial charge >= 0.3 is 0 Å². The van der Waals surface area contributed by atoms with Gasteiger partial charge in [-0.15, -0.1) is 0 Å². The number of anilines is 1. The lowest BCUT2D eigenvalue weighted by atomic mass is 10.1. The largest absolute Gasteiger partial charge is 0.489 e. The van der Waals surface area contributed by atoms with Crippen LogP contribution in [0, 0.1) is 28.4 Å². The van der Waals surface area contributed by atoms with Crippen molar-refractivity contribution in [2.75, 3.05) is 5.32 Å². The molecule has 0 heterocycles. The van der Waals surface area contributed by atoms with Crippen molar-refractivity contribution in [3.63, 3.8) is 0 Å². The van der Waals surface area contributed by atoms with Gasteiger partial charge in [-0.25, -0.2) is 0 Å². The van der Waals surface area contributed by atoms with Gasteiger partial charge in [0.1, 0.15) is 29.7 Å². The Morgan fingerprint density at radius 3 is 2.69 bits per heavy atom. The van der Waals surface area contributed by atoms with E-state index >= 15 is 0 Å². The summed E-state index contributed by atoms with van der Waals surface area (Å²) >= 11 is 6.14. The topological polar surface area (TPSA) is 105 Å². The fourth-order valence-electron chi connectivity index (χ4n) is 2.87. The lowest BCUT2D eigenvalue weighted by Crippen LogP contribution is -2.14. The molecule has 1 N–H and O–H groups in total. The standard InChI is InChI=1S/C24H18ClN3O4/c1-16-9-10-22(23(11-16)28(30)31)27-24(29)19(14-26)12-17-5-4-7-20(13-17)32-15-18-6-2-3-8-21(18)25/h2-13H,15H2,1H3,(H,27,29)/b19-12+. The molecule has 3 rings (SSSR count). The third-order valence-corrected chi connectivity index (χ3v) is 4.85. The van der Waals surface area contributed by atoms with Gasteiger partial charge < -0.3 is 10.1 Å². The Bertz CT molecular complexity index is 1250. The van der Waals surface area contributed by atoms with Crippen molar-refractivity contribution in [2.24, 2.45) is 0 Å². The molecule has 3 aromatic carbocycles. The monoisotopic (exact) mass is 447 g/mol. The number of halogens is 1. The maximum Gasteiger partial charge on any atom is 0.293 e. The number of ether oxygens (including phenoxy) is 1. The first-order chi connectivity index (χ1) is 15.4. The van der Waals surface area contributed by atoms with E-state index in [0.29, 0.717) is 21.9 Å². The Balaban J connectivity index is 1.77. The van der Waals surface area contributed by atoms with Gasteiger partial charge in [-0.3, -0.25) is 14.9 Å². The van der Waals surface area contributed by atoms with Crippen LogP contribution in [-0.2, 0) is 11.4 Å². The van der Waals surface area contributed by atoms with Crippen molar-refractivity contribution in [1.82, 2.24) is 0 Å². The number of nitro groups is 1. The molecule has 0 aliphatic carbocycles. The number of benzene rings is 3. The molecule has 1 amide bonds. The van der Waals surface area contributed by atoms with E-state index in [2.05, 4.69) is 5.32 Å². The van der Waals surface area contributed by atoms with Crippen LogP contribution in [0.3, 0.4) is 0 Å². The van der Waals surface area contributed by atoms with Gasteiger partial charge in [0.15, 0.2) is 0 Å². The van der Waals surface area contributed by atoms with Gasteiger partial charge in [0, 0.05) is 16.7 Å². The van der Waals surface area contributed by atoms with Crippen molar-refractivity contribution in [2.45, 2.75) is 13.5 Å². The number of carbonyl (C=O) groups is 1. The minimum absolute atomic E-state index is 0.0172. The van der Waals surface area contributed by atoms with E-state index in [1.807, 2.05) is 24.3 Å². The second kappa shape index (κ2) is 10.2. The molecule has 0 aromatic heterocycles. The van der Waals surface area contributed by atoms with Crippen molar-refractivity contribution in [3.8, 4) is 11.8 Å². The van der Waals surface area contributed by atoms with Gasteiger partial charge in [0.25, 0.3) is 11.6 Å². The molecule has 0 spiro atoms. The summed E-state index contributed by atoms with van der Waals surface area (Å²) in [5.41, 5.74) is 1.63. The Morgan fingerprint density at radius 1 is 1.19 bits per heavy atom. The molecule has 3 aromatic rings. The van der Waals surface area contributed by atoms with Crippen molar-refractivity contribution < 1.29 is 14.5 Å². The summed E-state index contributed by atoms with van der Waals surface area (Å²) in [5.74, 6) is -0.215. The fourth-order valence-corrected chi connectivity index (χ4v) is 3.06. The summed E-state index contributed by atoms with van der Waals surface area (Å²) in [7, 11) is 0. The van der Waals surface area contributed by atoms with Crippen LogP contribution in [0.5, 0.6) is 5.75 Å². The summed E-state index contributed by atoms with van der Waals surface area (Å²) in [6.45, 7) is 1.97.